The second-order valence-electron chi connectivity index (χ2n) is 6.31. The molecule has 2 atom stereocenters. The molecule has 1 aromatic carbocycles. The Balaban J connectivity index is 2.68. The number of carboxylic acid groups (broad SMARTS) is 1. The molecule has 1 rings (SSSR count). The lowest BCUT2D eigenvalue weighted by atomic mass is 10.0. The SMILES string of the molecule is CC(=O)N[C@@H](CC(C)C)C(=O)N[C@@H](CCc1ccccc1)C(=O)O. The summed E-state index contributed by atoms with van der Waals surface area (Å²) in [6.07, 6.45) is 1.29. The second kappa shape index (κ2) is 9.70. The standard InChI is InChI=1S/C18H26N2O4/c1-12(2)11-16(19-13(3)21)17(22)20-15(18(23)24)10-9-14-7-5-4-6-8-14/h4-8,12,15-16H,9-11H2,1-3H3,(H,19,21)(H,20,22)(H,23,24)/t15-,16-/m0/s1. The largest absolute Gasteiger partial charge is 0.480 e. The van der Waals surface area contributed by atoms with Gasteiger partial charge in [0.15, 0.2) is 0 Å². The Bertz CT molecular complexity index is 557. The van der Waals surface area contributed by atoms with Gasteiger partial charge in [-0.05, 0) is 30.7 Å². The normalized spacial score (nSPS) is 13.2. The van der Waals surface area contributed by atoms with Crippen molar-refractivity contribution in [2.75, 3.05) is 0 Å². The summed E-state index contributed by atoms with van der Waals surface area (Å²) in [5.41, 5.74) is 1.01. The fourth-order valence-electron chi connectivity index (χ4n) is 2.43. The summed E-state index contributed by atoms with van der Waals surface area (Å²) in [6.45, 7) is 5.21. The molecule has 3 N–H and O–H groups in total. The van der Waals surface area contributed by atoms with Crippen LogP contribution in [0.4, 0.5) is 0 Å². The Morgan fingerprint density at radius 3 is 2.17 bits per heavy atom. The number of carboxylic acids is 1. The summed E-state index contributed by atoms with van der Waals surface area (Å²) >= 11 is 0. The molecule has 24 heavy (non-hydrogen) atoms. The van der Waals surface area contributed by atoms with E-state index in [-0.39, 0.29) is 11.8 Å². The molecule has 0 bridgehead atoms. The zero-order valence-corrected chi connectivity index (χ0v) is 14.4. The van der Waals surface area contributed by atoms with Crippen molar-refractivity contribution in [2.24, 2.45) is 5.92 Å². The van der Waals surface area contributed by atoms with Crippen molar-refractivity contribution in [2.45, 2.75) is 52.1 Å². The molecule has 0 heterocycles. The van der Waals surface area contributed by atoms with Gasteiger partial charge in [-0.1, -0.05) is 44.2 Å². The Hall–Kier alpha value is -2.37. The van der Waals surface area contributed by atoms with Crippen molar-refractivity contribution in [1.82, 2.24) is 10.6 Å². The highest BCUT2D eigenvalue weighted by Gasteiger charge is 2.26. The van der Waals surface area contributed by atoms with Crippen molar-refractivity contribution in [1.29, 1.82) is 0 Å². The van der Waals surface area contributed by atoms with Crippen LogP contribution in [-0.2, 0) is 20.8 Å². The number of rotatable bonds is 9. The van der Waals surface area contributed by atoms with Crippen molar-refractivity contribution >= 4 is 17.8 Å². The predicted octanol–water partition coefficient (Wildman–Crippen LogP) is 1.74. The van der Waals surface area contributed by atoms with Crippen LogP contribution in [0.5, 0.6) is 0 Å². The van der Waals surface area contributed by atoms with E-state index in [0.717, 1.165) is 5.56 Å². The first-order valence-electron chi connectivity index (χ1n) is 8.13. The van der Waals surface area contributed by atoms with Crippen LogP contribution >= 0.6 is 0 Å². The van der Waals surface area contributed by atoms with E-state index in [1.165, 1.54) is 6.92 Å². The predicted molar refractivity (Wildman–Crippen MR) is 91.4 cm³/mol. The van der Waals surface area contributed by atoms with Gasteiger partial charge >= 0.3 is 5.97 Å². The van der Waals surface area contributed by atoms with Crippen LogP contribution in [0.2, 0.25) is 0 Å². The first kappa shape index (κ1) is 19.7. The number of benzene rings is 1. The molecular formula is C18H26N2O4. The monoisotopic (exact) mass is 334 g/mol. The van der Waals surface area contributed by atoms with Gasteiger partial charge in [0.2, 0.25) is 11.8 Å². The topological polar surface area (TPSA) is 95.5 Å². The molecule has 6 nitrogen and oxygen atoms in total. The summed E-state index contributed by atoms with van der Waals surface area (Å²) in [6, 6.07) is 7.80. The minimum Gasteiger partial charge on any atom is -0.480 e. The molecule has 6 heteroatoms. The second-order valence-corrected chi connectivity index (χ2v) is 6.31. The molecule has 0 aromatic heterocycles. The van der Waals surface area contributed by atoms with E-state index in [1.807, 2.05) is 44.2 Å². The van der Waals surface area contributed by atoms with Crippen LogP contribution in [0.15, 0.2) is 30.3 Å². The van der Waals surface area contributed by atoms with Gasteiger partial charge in [-0.15, -0.1) is 0 Å². The van der Waals surface area contributed by atoms with Gasteiger partial charge in [-0.25, -0.2) is 4.79 Å². The third-order valence-electron chi connectivity index (χ3n) is 3.58. The minimum atomic E-state index is -1.08. The number of nitrogens with one attached hydrogen (secondary N) is 2. The summed E-state index contributed by atoms with van der Waals surface area (Å²) in [7, 11) is 0. The molecule has 0 aliphatic carbocycles. The lowest BCUT2D eigenvalue weighted by Gasteiger charge is -2.22. The van der Waals surface area contributed by atoms with E-state index in [4.69, 9.17) is 0 Å². The molecule has 1 aromatic rings. The smallest absolute Gasteiger partial charge is 0.326 e. The van der Waals surface area contributed by atoms with E-state index >= 15 is 0 Å². The van der Waals surface area contributed by atoms with E-state index < -0.39 is 24.0 Å². The maximum Gasteiger partial charge on any atom is 0.326 e. The van der Waals surface area contributed by atoms with E-state index in [0.29, 0.717) is 19.3 Å². The summed E-state index contributed by atoms with van der Waals surface area (Å²) in [4.78, 5) is 35.0. The van der Waals surface area contributed by atoms with Gasteiger partial charge in [-0.3, -0.25) is 9.59 Å². The van der Waals surface area contributed by atoms with Gasteiger partial charge in [0.05, 0.1) is 0 Å². The van der Waals surface area contributed by atoms with Gasteiger partial charge in [0.25, 0.3) is 0 Å². The Morgan fingerprint density at radius 1 is 1.04 bits per heavy atom. The third kappa shape index (κ3) is 7.26. The van der Waals surface area contributed by atoms with Crippen molar-refractivity contribution in [3.63, 3.8) is 0 Å². The number of carbonyl (C=O) groups excluding carboxylic acids is 2. The molecule has 2 amide bonds. The van der Waals surface area contributed by atoms with Crippen molar-refractivity contribution in [3.8, 4) is 0 Å². The van der Waals surface area contributed by atoms with Crippen LogP contribution in [0.25, 0.3) is 0 Å². The number of carbonyl (C=O) groups is 3. The average molecular weight is 334 g/mol. The maximum absolute atomic E-state index is 12.4. The summed E-state index contributed by atoms with van der Waals surface area (Å²) < 4.78 is 0. The zero-order valence-electron chi connectivity index (χ0n) is 14.4. The molecule has 0 spiro atoms. The first-order valence-corrected chi connectivity index (χ1v) is 8.13. The number of aliphatic carboxylic acids is 1. The fraction of sp³-hybridized carbons (Fsp3) is 0.500. The third-order valence-corrected chi connectivity index (χ3v) is 3.58. The minimum absolute atomic E-state index is 0.195. The molecule has 0 fully saturated rings. The highest BCUT2D eigenvalue weighted by Crippen LogP contribution is 2.08. The molecule has 0 saturated heterocycles. The highest BCUT2D eigenvalue weighted by molar-refractivity contribution is 5.89. The van der Waals surface area contributed by atoms with Crippen molar-refractivity contribution in [3.05, 3.63) is 35.9 Å². The molecule has 0 saturated carbocycles. The van der Waals surface area contributed by atoms with Gasteiger partial charge in [-0.2, -0.15) is 0 Å². The van der Waals surface area contributed by atoms with Gasteiger partial charge < -0.3 is 15.7 Å². The van der Waals surface area contributed by atoms with Crippen LogP contribution in [0.3, 0.4) is 0 Å². The molecule has 132 valence electrons. The van der Waals surface area contributed by atoms with Crippen LogP contribution in [0, 0.1) is 5.92 Å². The molecule has 0 aliphatic rings. The number of hydrogen-bond donors (Lipinski definition) is 3. The van der Waals surface area contributed by atoms with E-state index in [2.05, 4.69) is 10.6 Å². The average Bonchev–Trinajstić information content (AvgIpc) is 2.50. The van der Waals surface area contributed by atoms with Gasteiger partial charge in [0, 0.05) is 6.92 Å². The number of amides is 2. The zero-order chi connectivity index (χ0) is 18.1. The van der Waals surface area contributed by atoms with Gasteiger partial charge in [0.1, 0.15) is 12.1 Å². The fourth-order valence-corrected chi connectivity index (χ4v) is 2.43. The maximum atomic E-state index is 12.4. The Kier molecular flexibility index (Phi) is 7.95. The van der Waals surface area contributed by atoms with Crippen LogP contribution < -0.4 is 10.6 Å². The summed E-state index contributed by atoms with van der Waals surface area (Å²) in [5, 5.41) is 14.5. The Morgan fingerprint density at radius 2 is 1.67 bits per heavy atom. The molecule has 0 unspecified atom stereocenters. The summed E-state index contributed by atoms with van der Waals surface area (Å²) in [5.74, 6) is -1.66. The lowest BCUT2D eigenvalue weighted by Crippen LogP contribution is -2.51. The molecule has 0 aliphatic heterocycles. The quantitative estimate of drug-likeness (QED) is 0.641. The van der Waals surface area contributed by atoms with Crippen LogP contribution in [0.1, 0.15) is 39.2 Å². The molecular weight excluding hydrogens is 308 g/mol. The lowest BCUT2D eigenvalue weighted by molar-refractivity contribution is -0.142. The van der Waals surface area contributed by atoms with Crippen LogP contribution in [-0.4, -0.2) is 35.0 Å². The first-order chi connectivity index (χ1) is 11.3. The number of aryl methyl sites for hydroxylation is 1. The van der Waals surface area contributed by atoms with E-state index in [9.17, 15) is 19.5 Å². The highest BCUT2D eigenvalue weighted by atomic mass is 16.4. The van der Waals surface area contributed by atoms with Crippen molar-refractivity contribution < 1.29 is 19.5 Å². The Labute approximate surface area is 142 Å². The molecule has 0 radical (unpaired) electrons. The van der Waals surface area contributed by atoms with E-state index in [1.54, 1.807) is 0 Å². The number of hydrogen-bond acceptors (Lipinski definition) is 3.